The molecule has 1 atom stereocenters. The highest BCUT2D eigenvalue weighted by molar-refractivity contribution is 9.10. The lowest BCUT2D eigenvalue weighted by Crippen LogP contribution is -2.41. The fraction of sp³-hybridized carbons (Fsp3) is 0.571. The second-order valence-corrected chi connectivity index (χ2v) is 8.41. The SMILES string of the molecule is CCc1cc(Br)ccc1S(=O)(=O)N[C@H](C)C(C)(C)C. The molecule has 0 saturated heterocycles. The number of benzene rings is 1. The maximum absolute atomic E-state index is 12.5. The molecular formula is C14H22BrNO2S. The van der Waals surface area contributed by atoms with E-state index in [1.165, 1.54) is 0 Å². The monoisotopic (exact) mass is 347 g/mol. The standard InChI is InChI=1S/C14H22BrNO2S/c1-6-11-9-12(15)7-8-13(11)19(17,18)16-10(2)14(3,4)5/h7-10,16H,6H2,1-5H3/t10-/m1/s1. The summed E-state index contributed by atoms with van der Waals surface area (Å²) in [6.07, 6.45) is 0.680. The molecule has 0 aliphatic heterocycles. The van der Waals surface area contributed by atoms with Crippen LogP contribution < -0.4 is 4.72 Å². The zero-order chi connectivity index (χ0) is 14.8. The molecule has 0 unspecified atom stereocenters. The molecule has 0 aromatic heterocycles. The van der Waals surface area contributed by atoms with Gasteiger partial charge in [0.1, 0.15) is 0 Å². The largest absolute Gasteiger partial charge is 0.241 e. The zero-order valence-electron chi connectivity index (χ0n) is 12.1. The van der Waals surface area contributed by atoms with Crippen molar-refractivity contribution in [3.05, 3.63) is 28.2 Å². The third-order valence-corrected chi connectivity index (χ3v) is 5.46. The number of hydrogen-bond acceptors (Lipinski definition) is 2. The van der Waals surface area contributed by atoms with E-state index in [4.69, 9.17) is 0 Å². The van der Waals surface area contributed by atoms with Gasteiger partial charge in [0, 0.05) is 10.5 Å². The summed E-state index contributed by atoms with van der Waals surface area (Å²) in [5, 5.41) is 0. The highest BCUT2D eigenvalue weighted by atomic mass is 79.9. The summed E-state index contributed by atoms with van der Waals surface area (Å²) in [5.74, 6) is 0. The molecule has 3 nitrogen and oxygen atoms in total. The summed E-state index contributed by atoms with van der Waals surface area (Å²) in [4.78, 5) is 0.370. The van der Waals surface area contributed by atoms with Crippen molar-refractivity contribution in [3.63, 3.8) is 0 Å². The summed E-state index contributed by atoms with van der Waals surface area (Å²) in [6, 6.07) is 5.14. The summed E-state index contributed by atoms with van der Waals surface area (Å²) < 4.78 is 28.6. The van der Waals surface area contributed by atoms with E-state index in [9.17, 15) is 8.42 Å². The molecule has 0 amide bonds. The molecule has 5 heteroatoms. The minimum absolute atomic E-state index is 0.116. The summed E-state index contributed by atoms with van der Waals surface area (Å²) in [5.41, 5.74) is 0.706. The van der Waals surface area contributed by atoms with E-state index in [2.05, 4.69) is 20.7 Å². The Bertz CT molecular complexity index is 547. The van der Waals surface area contributed by atoms with Crippen molar-refractivity contribution in [2.75, 3.05) is 0 Å². The molecule has 108 valence electrons. The maximum atomic E-state index is 12.5. The van der Waals surface area contributed by atoms with Gasteiger partial charge < -0.3 is 0 Å². The van der Waals surface area contributed by atoms with Crippen molar-refractivity contribution in [3.8, 4) is 0 Å². The van der Waals surface area contributed by atoms with E-state index in [-0.39, 0.29) is 11.5 Å². The van der Waals surface area contributed by atoms with Crippen LogP contribution in [0.5, 0.6) is 0 Å². The Kier molecular flexibility index (Phi) is 5.21. The lowest BCUT2D eigenvalue weighted by Gasteiger charge is -2.28. The first-order valence-electron chi connectivity index (χ1n) is 6.38. The molecule has 19 heavy (non-hydrogen) atoms. The number of aryl methyl sites for hydroxylation is 1. The number of nitrogens with one attached hydrogen (secondary N) is 1. The predicted molar refractivity (Wildman–Crippen MR) is 82.8 cm³/mol. The van der Waals surface area contributed by atoms with Crippen molar-refractivity contribution in [1.29, 1.82) is 0 Å². The molecule has 0 bridgehead atoms. The summed E-state index contributed by atoms with van der Waals surface area (Å²) in [6.45, 7) is 9.89. The van der Waals surface area contributed by atoms with Gasteiger partial charge in [-0.1, -0.05) is 43.6 Å². The molecule has 1 aromatic rings. The highest BCUT2D eigenvalue weighted by Gasteiger charge is 2.27. The van der Waals surface area contributed by atoms with Gasteiger partial charge in [-0.3, -0.25) is 0 Å². The van der Waals surface area contributed by atoms with Crippen molar-refractivity contribution in [1.82, 2.24) is 4.72 Å². The molecule has 1 aromatic carbocycles. The molecule has 1 rings (SSSR count). The van der Waals surface area contributed by atoms with Gasteiger partial charge in [0.05, 0.1) is 4.90 Å². The first-order chi connectivity index (χ1) is 8.58. The second kappa shape index (κ2) is 5.94. The molecule has 0 heterocycles. The Labute approximate surface area is 125 Å². The zero-order valence-corrected chi connectivity index (χ0v) is 14.5. The Morgan fingerprint density at radius 2 is 1.89 bits per heavy atom. The van der Waals surface area contributed by atoms with Crippen LogP contribution in [0.25, 0.3) is 0 Å². The van der Waals surface area contributed by atoms with Gasteiger partial charge in [0.25, 0.3) is 0 Å². The maximum Gasteiger partial charge on any atom is 0.241 e. The van der Waals surface area contributed by atoms with Crippen LogP contribution >= 0.6 is 15.9 Å². The Balaban J connectivity index is 3.14. The quantitative estimate of drug-likeness (QED) is 0.901. The van der Waals surface area contributed by atoms with E-state index in [1.807, 2.05) is 40.7 Å². The average molecular weight is 348 g/mol. The fourth-order valence-electron chi connectivity index (χ4n) is 1.56. The van der Waals surface area contributed by atoms with Crippen LogP contribution in [-0.4, -0.2) is 14.5 Å². The molecule has 0 saturated carbocycles. The predicted octanol–water partition coefficient (Wildman–Crippen LogP) is 3.72. The Hall–Kier alpha value is -0.390. The molecule has 0 fully saturated rings. The molecule has 0 aliphatic rings. The van der Waals surface area contributed by atoms with Crippen LogP contribution in [0, 0.1) is 5.41 Å². The number of hydrogen-bond donors (Lipinski definition) is 1. The van der Waals surface area contributed by atoms with E-state index in [0.717, 1.165) is 10.0 Å². The van der Waals surface area contributed by atoms with Crippen LogP contribution in [-0.2, 0) is 16.4 Å². The van der Waals surface area contributed by atoms with Gasteiger partial charge >= 0.3 is 0 Å². The van der Waals surface area contributed by atoms with Gasteiger partial charge in [-0.25, -0.2) is 13.1 Å². The van der Waals surface area contributed by atoms with Gasteiger partial charge in [-0.05, 0) is 42.5 Å². The van der Waals surface area contributed by atoms with Gasteiger partial charge in [0.2, 0.25) is 10.0 Å². The van der Waals surface area contributed by atoms with Gasteiger partial charge in [0.15, 0.2) is 0 Å². The smallest absolute Gasteiger partial charge is 0.208 e. The Morgan fingerprint density at radius 3 is 2.37 bits per heavy atom. The first kappa shape index (κ1) is 16.7. The molecule has 0 spiro atoms. The van der Waals surface area contributed by atoms with Gasteiger partial charge in [-0.15, -0.1) is 0 Å². The lowest BCUT2D eigenvalue weighted by atomic mass is 9.89. The Morgan fingerprint density at radius 1 is 1.32 bits per heavy atom. The normalized spacial score (nSPS) is 14.4. The lowest BCUT2D eigenvalue weighted by molar-refractivity contribution is 0.317. The number of sulfonamides is 1. The summed E-state index contributed by atoms with van der Waals surface area (Å²) in [7, 11) is -3.47. The van der Waals surface area contributed by atoms with Crippen LogP contribution in [0.3, 0.4) is 0 Å². The van der Waals surface area contributed by atoms with E-state index in [0.29, 0.717) is 11.3 Å². The van der Waals surface area contributed by atoms with Gasteiger partial charge in [-0.2, -0.15) is 0 Å². The number of rotatable bonds is 4. The minimum atomic E-state index is -3.47. The first-order valence-corrected chi connectivity index (χ1v) is 8.66. The third-order valence-electron chi connectivity index (χ3n) is 3.32. The van der Waals surface area contributed by atoms with Crippen LogP contribution in [0.4, 0.5) is 0 Å². The molecule has 1 N–H and O–H groups in total. The van der Waals surface area contributed by atoms with Crippen LogP contribution in [0.15, 0.2) is 27.6 Å². The van der Waals surface area contributed by atoms with Crippen LogP contribution in [0.2, 0.25) is 0 Å². The minimum Gasteiger partial charge on any atom is -0.208 e. The van der Waals surface area contributed by atoms with E-state index >= 15 is 0 Å². The van der Waals surface area contributed by atoms with E-state index < -0.39 is 10.0 Å². The number of halogens is 1. The summed E-state index contributed by atoms with van der Waals surface area (Å²) >= 11 is 3.37. The molecule has 0 aliphatic carbocycles. The molecular weight excluding hydrogens is 326 g/mol. The third kappa shape index (κ3) is 4.29. The average Bonchev–Trinajstić information content (AvgIpc) is 2.26. The topological polar surface area (TPSA) is 46.2 Å². The van der Waals surface area contributed by atoms with Crippen molar-refractivity contribution in [2.24, 2.45) is 5.41 Å². The van der Waals surface area contributed by atoms with Crippen molar-refractivity contribution in [2.45, 2.75) is 52.0 Å². The second-order valence-electron chi connectivity index (χ2n) is 5.81. The van der Waals surface area contributed by atoms with Crippen molar-refractivity contribution < 1.29 is 8.42 Å². The highest BCUT2D eigenvalue weighted by Crippen LogP contribution is 2.24. The molecule has 0 radical (unpaired) electrons. The fourth-order valence-corrected chi connectivity index (χ4v) is 3.71. The van der Waals surface area contributed by atoms with E-state index in [1.54, 1.807) is 12.1 Å². The van der Waals surface area contributed by atoms with Crippen LogP contribution in [0.1, 0.15) is 40.2 Å². The van der Waals surface area contributed by atoms with Crippen molar-refractivity contribution >= 4 is 26.0 Å².